The number of aromatic nitrogens is 2. The fraction of sp³-hybridized carbons (Fsp3) is 0.276. The van der Waals surface area contributed by atoms with Crippen LogP contribution in [-0.4, -0.2) is 33.9 Å². The maximum Gasteiger partial charge on any atom is 0.219 e. The summed E-state index contributed by atoms with van der Waals surface area (Å²) in [6, 6.07) is 17.6. The van der Waals surface area contributed by atoms with Crippen molar-refractivity contribution in [3.05, 3.63) is 89.2 Å². The second kappa shape index (κ2) is 11.5. The van der Waals surface area contributed by atoms with Gasteiger partial charge in [-0.2, -0.15) is 0 Å². The van der Waals surface area contributed by atoms with Crippen LogP contribution in [0.3, 0.4) is 0 Å². The molecule has 0 bridgehead atoms. The Labute approximate surface area is 221 Å². The molecule has 0 saturated carbocycles. The average Bonchev–Trinajstić information content (AvgIpc) is 2.92. The fourth-order valence-corrected chi connectivity index (χ4v) is 5.43. The first kappa shape index (κ1) is 24.9. The number of rotatable bonds is 7. The van der Waals surface area contributed by atoms with E-state index in [9.17, 15) is 4.79 Å². The number of allylic oxidation sites excluding steroid dienone is 4. The number of likely N-dealkylation sites (tertiary alicyclic amines) is 1. The number of benzene rings is 1. The molecule has 1 unspecified atom stereocenters. The van der Waals surface area contributed by atoms with Crippen LogP contribution in [0.5, 0.6) is 11.5 Å². The van der Waals surface area contributed by atoms with Crippen LogP contribution in [0.25, 0.3) is 0 Å². The van der Waals surface area contributed by atoms with E-state index in [0.29, 0.717) is 23.9 Å². The second-order valence-electron chi connectivity index (χ2n) is 9.29. The first-order valence-electron chi connectivity index (χ1n) is 12.6. The molecule has 190 valence electrons. The van der Waals surface area contributed by atoms with Crippen LogP contribution < -0.4 is 15.8 Å². The largest absolute Gasteiger partial charge is 0.453 e. The van der Waals surface area contributed by atoms with Crippen molar-refractivity contribution in [1.29, 1.82) is 0 Å². The number of carbonyl (C=O) groups is 1. The van der Waals surface area contributed by atoms with Crippen LogP contribution in [0, 0.1) is 0 Å². The Balaban J connectivity index is 1.39. The second-order valence-corrected chi connectivity index (χ2v) is 10.5. The molecule has 1 aromatic carbocycles. The minimum absolute atomic E-state index is 0.118. The smallest absolute Gasteiger partial charge is 0.219 e. The normalized spacial score (nSPS) is 17.5. The summed E-state index contributed by atoms with van der Waals surface area (Å²) in [6.07, 6.45) is 9.68. The van der Waals surface area contributed by atoms with E-state index in [2.05, 4.69) is 11.4 Å². The van der Waals surface area contributed by atoms with Crippen molar-refractivity contribution in [2.75, 3.05) is 18.4 Å². The number of thioether (sulfide) groups is 1. The molecule has 1 saturated heterocycles. The first-order chi connectivity index (χ1) is 18.0. The Morgan fingerprint density at radius 1 is 1.14 bits per heavy atom. The fourth-order valence-electron chi connectivity index (χ4n) is 4.51. The van der Waals surface area contributed by atoms with Crippen molar-refractivity contribution in [2.24, 2.45) is 5.73 Å². The number of ether oxygens (including phenoxy) is 1. The van der Waals surface area contributed by atoms with Gasteiger partial charge in [-0.05, 0) is 60.9 Å². The van der Waals surface area contributed by atoms with Crippen LogP contribution in [0.1, 0.15) is 44.2 Å². The zero-order chi connectivity index (χ0) is 25.6. The Kier molecular flexibility index (Phi) is 7.75. The minimum Gasteiger partial charge on any atom is -0.453 e. The lowest BCUT2D eigenvalue weighted by molar-refractivity contribution is -0.130. The zero-order valence-corrected chi connectivity index (χ0v) is 21.7. The molecule has 8 heteroatoms. The van der Waals surface area contributed by atoms with Crippen molar-refractivity contribution < 1.29 is 9.53 Å². The zero-order valence-electron chi connectivity index (χ0n) is 20.9. The Hall–Kier alpha value is -3.78. The van der Waals surface area contributed by atoms with Crippen molar-refractivity contribution in [3.8, 4) is 11.5 Å². The third kappa shape index (κ3) is 6.51. The quantitative estimate of drug-likeness (QED) is 0.380. The molecule has 37 heavy (non-hydrogen) atoms. The van der Waals surface area contributed by atoms with Gasteiger partial charge in [-0.1, -0.05) is 42.1 Å². The summed E-state index contributed by atoms with van der Waals surface area (Å²) in [4.78, 5) is 25.6. The highest BCUT2D eigenvalue weighted by Gasteiger charge is 2.24. The molecular weight excluding hydrogens is 482 g/mol. The number of anilines is 2. The van der Waals surface area contributed by atoms with E-state index in [1.807, 2.05) is 71.8 Å². The highest BCUT2D eigenvalue weighted by atomic mass is 32.2. The number of pyridine rings is 2. The molecule has 0 radical (unpaired) electrons. The molecule has 1 atom stereocenters. The third-order valence-electron chi connectivity index (χ3n) is 6.49. The molecule has 7 nitrogen and oxygen atoms in total. The van der Waals surface area contributed by atoms with Crippen LogP contribution in [0.4, 0.5) is 11.6 Å². The minimum atomic E-state index is 0.118. The number of nitrogens with one attached hydrogen (secondary N) is 1. The number of nitrogens with two attached hydrogens (primary N) is 1. The molecule has 3 heterocycles. The predicted octanol–water partition coefficient (Wildman–Crippen LogP) is 6.35. The number of piperidine rings is 1. The maximum absolute atomic E-state index is 11.9. The molecule has 1 aliphatic heterocycles. The Morgan fingerprint density at radius 2 is 2.00 bits per heavy atom. The highest BCUT2D eigenvalue weighted by molar-refractivity contribution is 8.03. The van der Waals surface area contributed by atoms with E-state index in [1.54, 1.807) is 18.7 Å². The number of hydrogen-bond donors (Lipinski definition) is 2. The van der Waals surface area contributed by atoms with Crippen molar-refractivity contribution in [3.63, 3.8) is 0 Å². The van der Waals surface area contributed by atoms with Gasteiger partial charge >= 0.3 is 0 Å². The van der Waals surface area contributed by atoms with E-state index < -0.39 is 0 Å². The van der Waals surface area contributed by atoms with Crippen LogP contribution in [0.15, 0.2) is 88.4 Å². The molecule has 1 fully saturated rings. The highest BCUT2D eigenvalue weighted by Crippen LogP contribution is 2.38. The number of para-hydroxylation sites is 1. The van der Waals surface area contributed by atoms with Crippen molar-refractivity contribution in [2.45, 2.75) is 43.4 Å². The van der Waals surface area contributed by atoms with Gasteiger partial charge < -0.3 is 20.7 Å². The number of hydrogen-bond acceptors (Lipinski definition) is 7. The summed E-state index contributed by atoms with van der Waals surface area (Å²) in [5.41, 5.74) is 7.80. The van der Waals surface area contributed by atoms with Crippen molar-refractivity contribution >= 4 is 29.3 Å². The average molecular weight is 514 g/mol. The third-order valence-corrected chi connectivity index (χ3v) is 7.55. The number of nitrogens with zero attached hydrogens (tertiary/aromatic N) is 3. The monoisotopic (exact) mass is 513 g/mol. The molecule has 0 spiro atoms. The Bertz CT molecular complexity index is 1320. The summed E-state index contributed by atoms with van der Waals surface area (Å²) in [6.45, 7) is 3.15. The SMILES string of the molecule is CC(=O)N1CCCC(c2cccc(Nc3ncc(SC4=CC=C(N)CC4)cc3Oc3ccccc3)n2)C1. The summed E-state index contributed by atoms with van der Waals surface area (Å²) in [7, 11) is 0. The number of amides is 1. The molecule has 2 aliphatic rings. The molecule has 3 N–H and O–H groups in total. The topological polar surface area (TPSA) is 93.4 Å². The lowest BCUT2D eigenvalue weighted by Crippen LogP contribution is -2.37. The van der Waals surface area contributed by atoms with Crippen molar-refractivity contribution in [1.82, 2.24) is 14.9 Å². The van der Waals surface area contributed by atoms with Gasteiger partial charge in [0, 0.05) is 54.5 Å². The first-order valence-corrected chi connectivity index (χ1v) is 13.4. The molecule has 2 aromatic heterocycles. The Morgan fingerprint density at radius 3 is 2.78 bits per heavy atom. The van der Waals surface area contributed by atoms with Gasteiger partial charge in [-0.3, -0.25) is 4.79 Å². The number of carbonyl (C=O) groups excluding carboxylic acids is 1. The summed E-state index contributed by atoms with van der Waals surface area (Å²) in [5.74, 6) is 2.98. The van der Waals surface area contributed by atoms with Crippen LogP contribution in [0.2, 0.25) is 0 Å². The van der Waals surface area contributed by atoms with Gasteiger partial charge in [0.1, 0.15) is 11.6 Å². The lowest BCUT2D eigenvalue weighted by Gasteiger charge is -2.31. The lowest BCUT2D eigenvalue weighted by atomic mass is 9.94. The predicted molar refractivity (Wildman–Crippen MR) is 148 cm³/mol. The van der Waals surface area contributed by atoms with Gasteiger partial charge in [-0.15, -0.1) is 0 Å². The summed E-state index contributed by atoms with van der Waals surface area (Å²) >= 11 is 1.67. The molecule has 1 aliphatic carbocycles. The van der Waals surface area contributed by atoms with E-state index in [-0.39, 0.29) is 11.8 Å². The van der Waals surface area contributed by atoms with Gasteiger partial charge in [0.25, 0.3) is 0 Å². The van der Waals surface area contributed by atoms with E-state index in [4.69, 9.17) is 20.4 Å². The van der Waals surface area contributed by atoms with E-state index >= 15 is 0 Å². The van der Waals surface area contributed by atoms with Gasteiger partial charge in [-0.25, -0.2) is 9.97 Å². The van der Waals surface area contributed by atoms with Gasteiger partial charge in [0.2, 0.25) is 5.91 Å². The molecular formula is C29H31N5O2S. The molecule has 1 amide bonds. The van der Waals surface area contributed by atoms with Crippen LogP contribution in [-0.2, 0) is 4.79 Å². The summed E-state index contributed by atoms with van der Waals surface area (Å²) < 4.78 is 6.25. The summed E-state index contributed by atoms with van der Waals surface area (Å²) in [5, 5.41) is 3.37. The molecule has 3 aromatic rings. The molecule has 5 rings (SSSR count). The maximum atomic E-state index is 11.9. The van der Waals surface area contributed by atoms with Gasteiger partial charge in [0.05, 0.1) is 0 Å². The van der Waals surface area contributed by atoms with Gasteiger partial charge in [0.15, 0.2) is 11.6 Å². The van der Waals surface area contributed by atoms with E-state index in [1.165, 1.54) is 4.91 Å². The van der Waals surface area contributed by atoms with Crippen LogP contribution >= 0.6 is 11.8 Å². The van der Waals surface area contributed by atoms with E-state index in [0.717, 1.165) is 54.3 Å². The standard InChI is InChI=1S/C29H31N5O2S/c1-20(35)34-16-6-7-21(19-34)26-10-5-11-28(32-26)33-29-27(36-23-8-3-2-4-9-23)17-25(18-31-29)37-24-14-12-22(30)13-15-24/h2-5,8-12,14,17-18,21H,6-7,13,15-16,19,30H2,1H3,(H,31,32,33).